The molecule has 0 amide bonds. The Morgan fingerprint density at radius 3 is 2.64 bits per heavy atom. The summed E-state index contributed by atoms with van der Waals surface area (Å²) in [5, 5.41) is 6.65. The number of methoxy groups -OCH3 is 1. The maximum Gasteiger partial charge on any atom is 0.191 e. The van der Waals surface area contributed by atoms with Crippen LogP contribution in [0.3, 0.4) is 0 Å². The van der Waals surface area contributed by atoms with Crippen LogP contribution in [0.15, 0.2) is 11.2 Å². The van der Waals surface area contributed by atoms with E-state index < -0.39 is 0 Å². The summed E-state index contributed by atoms with van der Waals surface area (Å²) in [6.45, 7) is 7.85. The predicted octanol–water partition coefficient (Wildman–Crippen LogP) is 2.95. The molecule has 5 nitrogen and oxygen atoms in total. The zero-order valence-electron chi connectivity index (χ0n) is 14.6. The van der Waals surface area contributed by atoms with Crippen LogP contribution in [-0.2, 0) is 6.54 Å². The first-order chi connectivity index (χ1) is 10.6. The normalized spacial score (nSPS) is 11.4. The van der Waals surface area contributed by atoms with Gasteiger partial charge in [0.2, 0.25) is 0 Å². The van der Waals surface area contributed by atoms with Gasteiger partial charge in [-0.05, 0) is 20.3 Å². The molecule has 0 fully saturated rings. The Balaban J connectivity index is 2.50. The lowest BCUT2D eigenvalue weighted by atomic mass is 10.1. The quantitative estimate of drug-likeness (QED) is 0.440. The summed E-state index contributed by atoms with van der Waals surface area (Å²) >= 11 is 0. The third kappa shape index (κ3) is 5.54. The van der Waals surface area contributed by atoms with Crippen LogP contribution >= 0.6 is 0 Å². The minimum absolute atomic E-state index is 0.636. The van der Waals surface area contributed by atoms with E-state index in [1.165, 1.54) is 25.7 Å². The van der Waals surface area contributed by atoms with Crippen LogP contribution in [0.4, 0.5) is 0 Å². The Bertz CT molecular complexity index is 486. The van der Waals surface area contributed by atoms with Gasteiger partial charge in [0.05, 0.1) is 19.3 Å². The molecule has 0 bridgehead atoms. The molecule has 0 radical (unpaired) electrons. The highest BCUT2D eigenvalue weighted by Crippen LogP contribution is 2.23. The molecule has 0 aliphatic carbocycles. The molecule has 0 atom stereocenters. The second-order valence-corrected chi connectivity index (χ2v) is 5.46. The van der Waals surface area contributed by atoms with E-state index in [0.29, 0.717) is 6.54 Å². The van der Waals surface area contributed by atoms with Crippen molar-refractivity contribution < 1.29 is 4.74 Å². The Kier molecular flexibility index (Phi) is 8.33. The number of hydrogen-bond donors (Lipinski definition) is 2. The fourth-order valence-corrected chi connectivity index (χ4v) is 2.40. The minimum Gasteiger partial charge on any atom is -0.496 e. The summed E-state index contributed by atoms with van der Waals surface area (Å²) in [6.07, 6.45) is 6.83. The molecule has 124 valence electrons. The van der Waals surface area contributed by atoms with Gasteiger partial charge >= 0.3 is 0 Å². The maximum atomic E-state index is 5.44. The molecule has 0 unspecified atom stereocenters. The Morgan fingerprint density at radius 1 is 1.23 bits per heavy atom. The average molecular weight is 306 g/mol. The van der Waals surface area contributed by atoms with E-state index in [2.05, 4.69) is 27.5 Å². The fourth-order valence-electron chi connectivity index (χ4n) is 2.40. The highest BCUT2D eigenvalue weighted by atomic mass is 16.5. The lowest BCUT2D eigenvalue weighted by Gasteiger charge is -2.15. The fraction of sp³-hybridized carbons (Fsp3) is 0.647. The second-order valence-electron chi connectivity index (χ2n) is 5.46. The number of ether oxygens (including phenoxy) is 1. The largest absolute Gasteiger partial charge is 0.496 e. The monoisotopic (exact) mass is 306 g/mol. The molecule has 5 heteroatoms. The third-order valence-electron chi connectivity index (χ3n) is 3.72. The van der Waals surface area contributed by atoms with Gasteiger partial charge in [-0.15, -0.1) is 0 Å². The topological polar surface area (TPSA) is 58.5 Å². The molecule has 0 aromatic carbocycles. The first kappa shape index (κ1) is 18.3. The molecule has 0 saturated heterocycles. The summed E-state index contributed by atoms with van der Waals surface area (Å²) in [7, 11) is 3.49. The van der Waals surface area contributed by atoms with Crippen molar-refractivity contribution >= 4 is 5.96 Å². The number of hydrogen-bond acceptors (Lipinski definition) is 3. The van der Waals surface area contributed by atoms with Crippen molar-refractivity contribution in [1.29, 1.82) is 0 Å². The van der Waals surface area contributed by atoms with E-state index >= 15 is 0 Å². The number of aromatic nitrogens is 1. The Labute approximate surface area is 134 Å². The van der Waals surface area contributed by atoms with Crippen molar-refractivity contribution in [2.75, 3.05) is 20.7 Å². The van der Waals surface area contributed by atoms with Crippen LogP contribution in [0.25, 0.3) is 0 Å². The van der Waals surface area contributed by atoms with Gasteiger partial charge in [-0.2, -0.15) is 0 Å². The predicted molar refractivity (Wildman–Crippen MR) is 92.6 cm³/mol. The highest BCUT2D eigenvalue weighted by molar-refractivity contribution is 5.79. The molecule has 1 rings (SSSR count). The number of nitrogens with one attached hydrogen (secondary N) is 2. The molecule has 0 saturated carbocycles. The van der Waals surface area contributed by atoms with Gasteiger partial charge in [-0.3, -0.25) is 9.98 Å². The summed E-state index contributed by atoms with van der Waals surface area (Å²) in [6, 6.07) is 0. The summed E-state index contributed by atoms with van der Waals surface area (Å²) in [4.78, 5) is 8.73. The molecule has 1 aromatic rings. The van der Waals surface area contributed by atoms with Gasteiger partial charge in [0.25, 0.3) is 0 Å². The van der Waals surface area contributed by atoms with Crippen LogP contribution in [0.5, 0.6) is 5.75 Å². The number of unbranched alkanes of at least 4 members (excludes halogenated alkanes) is 3. The molecule has 0 spiro atoms. The standard InChI is InChI=1S/C17H30N4O/c1-6-7-8-9-10-19-17(18-4)21-12-15-14(3)16(22-5)13(2)11-20-15/h11H,6-10,12H2,1-5H3,(H2,18,19,21). The third-order valence-corrected chi connectivity index (χ3v) is 3.72. The number of pyridine rings is 1. The number of aryl methyl sites for hydroxylation is 1. The first-order valence-corrected chi connectivity index (χ1v) is 8.07. The second kappa shape index (κ2) is 10.0. The van der Waals surface area contributed by atoms with Crippen LogP contribution in [0.2, 0.25) is 0 Å². The van der Waals surface area contributed by atoms with Gasteiger partial charge in [-0.1, -0.05) is 26.2 Å². The summed E-state index contributed by atoms with van der Waals surface area (Å²) < 4.78 is 5.44. The summed E-state index contributed by atoms with van der Waals surface area (Å²) in [5.41, 5.74) is 3.12. The zero-order chi connectivity index (χ0) is 16.4. The molecule has 2 N–H and O–H groups in total. The van der Waals surface area contributed by atoms with Gasteiger partial charge < -0.3 is 15.4 Å². The van der Waals surface area contributed by atoms with Gasteiger partial charge in [0, 0.05) is 30.9 Å². The highest BCUT2D eigenvalue weighted by Gasteiger charge is 2.09. The van der Waals surface area contributed by atoms with Crippen LogP contribution in [-0.4, -0.2) is 31.6 Å². The van der Waals surface area contributed by atoms with Crippen molar-refractivity contribution in [2.45, 2.75) is 53.0 Å². The van der Waals surface area contributed by atoms with E-state index in [1.54, 1.807) is 14.2 Å². The van der Waals surface area contributed by atoms with Crippen molar-refractivity contribution in [3.05, 3.63) is 23.0 Å². The van der Waals surface area contributed by atoms with Crippen molar-refractivity contribution in [1.82, 2.24) is 15.6 Å². The molecular weight excluding hydrogens is 276 g/mol. The maximum absolute atomic E-state index is 5.44. The Morgan fingerprint density at radius 2 is 2.00 bits per heavy atom. The van der Waals surface area contributed by atoms with E-state index in [0.717, 1.165) is 35.1 Å². The molecule has 0 aliphatic heterocycles. The number of guanidine groups is 1. The lowest BCUT2D eigenvalue weighted by Crippen LogP contribution is -2.37. The molecule has 22 heavy (non-hydrogen) atoms. The summed E-state index contributed by atoms with van der Waals surface area (Å²) in [5.74, 6) is 1.73. The van der Waals surface area contributed by atoms with Crippen LogP contribution in [0, 0.1) is 13.8 Å². The SMILES string of the molecule is CCCCCCNC(=NC)NCc1ncc(C)c(OC)c1C. The van der Waals surface area contributed by atoms with E-state index in [4.69, 9.17) is 4.74 Å². The van der Waals surface area contributed by atoms with Crippen molar-refractivity contribution in [3.63, 3.8) is 0 Å². The van der Waals surface area contributed by atoms with Crippen LogP contribution in [0.1, 0.15) is 49.4 Å². The lowest BCUT2D eigenvalue weighted by molar-refractivity contribution is 0.406. The van der Waals surface area contributed by atoms with Crippen molar-refractivity contribution in [3.8, 4) is 5.75 Å². The van der Waals surface area contributed by atoms with E-state index in [9.17, 15) is 0 Å². The number of rotatable bonds is 8. The number of aliphatic imine (C=N–C) groups is 1. The van der Waals surface area contributed by atoms with Crippen LogP contribution < -0.4 is 15.4 Å². The van der Waals surface area contributed by atoms with Gasteiger partial charge in [-0.25, -0.2) is 0 Å². The smallest absolute Gasteiger partial charge is 0.191 e. The average Bonchev–Trinajstić information content (AvgIpc) is 2.52. The molecule has 1 aromatic heterocycles. The Hall–Kier alpha value is -1.78. The zero-order valence-corrected chi connectivity index (χ0v) is 14.6. The minimum atomic E-state index is 0.636. The number of nitrogens with zero attached hydrogens (tertiary/aromatic N) is 2. The van der Waals surface area contributed by atoms with E-state index in [-0.39, 0.29) is 0 Å². The van der Waals surface area contributed by atoms with Gasteiger partial charge in [0.15, 0.2) is 5.96 Å². The first-order valence-electron chi connectivity index (χ1n) is 8.07. The van der Waals surface area contributed by atoms with Gasteiger partial charge in [0.1, 0.15) is 5.75 Å². The molecular formula is C17H30N4O. The molecule has 0 aliphatic rings. The molecule has 1 heterocycles. The van der Waals surface area contributed by atoms with Crippen molar-refractivity contribution in [2.24, 2.45) is 4.99 Å². The van der Waals surface area contributed by atoms with E-state index in [1.807, 2.05) is 20.0 Å².